The molecule has 2 heterocycles. The number of carbonyl (C=O) groups is 1. The van der Waals surface area contributed by atoms with Crippen LogP contribution in [0.1, 0.15) is 19.4 Å². The summed E-state index contributed by atoms with van der Waals surface area (Å²) < 4.78 is 54.8. The van der Waals surface area contributed by atoms with Crippen molar-refractivity contribution in [1.82, 2.24) is 10.3 Å². The second kappa shape index (κ2) is 9.54. The zero-order valence-corrected chi connectivity index (χ0v) is 18.2. The molecule has 0 amide bonds. The highest BCUT2D eigenvalue weighted by Gasteiger charge is 2.49. The number of nitrogens with zero attached hydrogens (tertiary/aromatic N) is 1. The van der Waals surface area contributed by atoms with Gasteiger partial charge in [-0.3, -0.25) is 5.32 Å². The zero-order valence-electron chi connectivity index (χ0n) is 16.7. The Kier molecular flexibility index (Phi) is 7.23. The van der Waals surface area contributed by atoms with Crippen molar-refractivity contribution in [2.45, 2.75) is 31.0 Å². The fourth-order valence-electron chi connectivity index (χ4n) is 2.94. The van der Waals surface area contributed by atoms with E-state index in [2.05, 4.69) is 10.3 Å². The predicted molar refractivity (Wildman–Crippen MR) is 111 cm³/mol. The number of rotatable bonds is 7. The van der Waals surface area contributed by atoms with Crippen molar-refractivity contribution in [3.8, 4) is 17.4 Å². The lowest BCUT2D eigenvalue weighted by atomic mass is 10.1. The molecular weight excluding hydrogens is 457 g/mol. The molecule has 3 rings (SSSR count). The lowest BCUT2D eigenvalue weighted by Crippen LogP contribution is -2.56. The van der Waals surface area contributed by atoms with E-state index in [4.69, 9.17) is 25.8 Å². The van der Waals surface area contributed by atoms with Gasteiger partial charge in [0.15, 0.2) is 0 Å². The molecule has 2 aromatic rings. The third-order valence-corrected chi connectivity index (χ3v) is 6.23. The van der Waals surface area contributed by atoms with Crippen molar-refractivity contribution in [2.24, 2.45) is 0 Å². The minimum Gasteiger partial charge on any atom is -0.487 e. The highest BCUT2D eigenvalue weighted by Crippen LogP contribution is 2.36. The van der Waals surface area contributed by atoms with Crippen molar-refractivity contribution in [1.29, 1.82) is 0 Å². The van der Waals surface area contributed by atoms with Gasteiger partial charge in [-0.1, -0.05) is 11.6 Å². The topological polar surface area (TPSA) is 69.7 Å². The van der Waals surface area contributed by atoms with Crippen LogP contribution in [0.5, 0.6) is 17.4 Å². The molecule has 0 aliphatic carbocycles. The normalized spacial score (nSPS) is 19.7. The van der Waals surface area contributed by atoms with E-state index in [0.29, 0.717) is 24.2 Å². The van der Waals surface area contributed by atoms with Crippen molar-refractivity contribution in [2.75, 3.05) is 18.9 Å². The number of hydrogen-bond acceptors (Lipinski definition) is 7. The van der Waals surface area contributed by atoms with E-state index in [1.807, 2.05) is 0 Å². The number of alkyl halides is 3. The maximum Gasteiger partial charge on any atom is 0.417 e. The number of ether oxygens (including phenoxy) is 3. The quantitative estimate of drug-likeness (QED) is 0.569. The molecule has 0 saturated carbocycles. The molecule has 1 N–H and O–H groups in total. The van der Waals surface area contributed by atoms with Gasteiger partial charge in [0.25, 0.3) is 0 Å². The Labute approximate surface area is 186 Å². The SMILES string of the molecule is CCOC(=O)C1(C(C)Oc2ccc(Oc3ncc(C(F)(F)F)cc3Cl)cc2)NCCS1. The van der Waals surface area contributed by atoms with Crippen molar-refractivity contribution in [3.63, 3.8) is 0 Å². The Morgan fingerprint density at radius 3 is 2.55 bits per heavy atom. The molecule has 168 valence electrons. The lowest BCUT2D eigenvalue weighted by Gasteiger charge is -2.32. The summed E-state index contributed by atoms with van der Waals surface area (Å²) in [4.78, 5) is 15.1. The molecule has 0 radical (unpaired) electrons. The standard InChI is InChI=1S/C20H20ClF3N2O4S/c1-3-28-18(27)19(26-8-9-31-19)12(2)29-14-4-6-15(7-5-14)30-17-16(21)10-13(11-25-17)20(22,23)24/h4-7,10-12,26H,3,8-9H2,1-2H3. The molecule has 1 aromatic carbocycles. The van der Waals surface area contributed by atoms with Crippen molar-refractivity contribution >= 4 is 29.3 Å². The number of halogens is 4. The second-order valence-electron chi connectivity index (χ2n) is 6.57. The number of nitrogens with one attached hydrogen (secondary N) is 1. The molecule has 2 atom stereocenters. The predicted octanol–water partition coefficient (Wildman–Crippen LogP) is 4.91. The van der Waals surface area contributed by atoms with E-state index in [-0.39, 0.29) is 23.5 Å². The van der Waals surface area contributed by atoms with Crippen LogP contribution in [-0.4, -0.2) is 40.8 Å². The highest BCUT2D eigenvalue weighted by atomic mass is 35.5. The average molecular weight is 477 g/mol. The molecule has 1 fully saturated rings. The number of thioether (sulfide) groups is 1. The largest absolute Gasteiger partial charge is 0.487 e. The molecule has 0 bridgehead atoms. The molecule has 0 spiro atoms. The van der Waals surface area contributed by atoms with E-state index < -0.39 is 22.7 Å². The van der Waals surface area contributed by atoms with E-state index in [9.17, 15) is 18.0 Å². The molecule has 11 heteroatoms. The zero-order chi connectivity index (χ0) is 22.6. The van der Waals surface area contributed by atoms with Gasteiger partial charge in [0.1, 0.15) is 22.6 Å². The highest BCUT2D eigenvalue weighted by molar-refractivity contribution is 8.01. The van der Waals surface area contributed by atoms with Crippen molar-refractivity contribution < 1.29 is 32.2 Å². The molecule has 2 unspecified atom stereocenters. The first-order valence-electron chi connectivity index (χ1n) is 9.39. The van der Waals surface area contributed by atoms with Crippen LogP contribution in [0.15, 0.2) is 36.5 Å². The molecule has 1 aliphatic rings. The Morgan fingerprint density at radius 1 is 1.32 bits per heavy atom. The lowest BCUT2D eigenvalue weighted by molar-refractivity contribution is -0.149. The number of hydrogen-bond donors (Lipinski definition) is 1. The number of pyridine rings is 1. The number of aromatic nitrogens is 1. The summed E-state index contributed by atoms with van der Waals surface area (Å²) in [7, 11) is 0. The first-order chi connectivity index (χ1) is 14.7. The average Bonchev–Trinajstić information content (AvgIpc) is 3.22. The van der Waals surface area contributed by atoms with Crippen molar-refractivity contribution in [3.05, 3.63) is 47.1 Å². The van der Waals surface area contributed by atoms with Crippen LogP contribution < -0.4 is 14.8 Å². The van der Waals surface area contributed by atoms with Gasteiger partial charge >= 0.3 is 12.1 Å². The third kappa shape index (κ3) is 5.36. The summed E-state index contributed by atoms with van der Waals surface area (Å²) in [6, 6.07) is 7.10. The molecule has 1 aliphatic heterocycles. The summed E-state index contributed by atoms with van der Waals surface area (Å²) in [5.41, 5.74) is -0.962. The van der Waals surface area contributed by atoms with Crippen LogP contribution in [0.3, 0.4) is 0 Å². The van der Waals surface area contributed by atoms with Gasteiger partial charge in [0.2, 0.25) is 10.8 Å². The molecule has 31 heavy (non-hydrogen) atoms. The molecule has 1 saturated heterocycles. The van der Waals surface area contributed by atoms with Crippen LogP contribution in [0.4, 0.5) is 13.2 Å². The first-order valence-corrected chi connectivity index (χ1v) is 10.8. The molecular formula is C20H20ClF3N2O4S. The third-order valence-electron chi connectivity index (χ3n) is 4.46. The summed E-state index contributed by atoms with van der Waals surface area (Å²) >= 11 is 7.30. The summed E-state index contributed by atoms with van der Waals surface area (Å²) in [5.74, 6) is 1.00. The van der Waals surface area contributed by atoms with Crippen LogP contribution in [0.25, 0.3) is 0 Å². The number of benzene rings is 1. The van der Waals surface area contributed by atoms with Gasteiger partial charge in [-0.05, 0) is 44.2 Å². The molecule has 1 aromatic heterocycles. The summed E-state index contributed by atoms with van der Waals surface area (Å²) in [6.07, 6.45) is -4.42. The van der Waals surface area contributed by atoms with E-state index in [1.165, 1.54) is 11.8 Å². The summed E-state index contributed by atoms with van der Waals surface area (Å²) in [6.45, 7) is 4.44. The summed E-state index contributed by atoms with van der Waals surface area (Å²) in [5, 5.41) is 2.92. The maximum atomic E-state index is 12.7. The van der Waals surface area contributed by atoms with Crippen LogP contribution in [0.2, 0.25) is 5.02 Å². The van der Waals surface area contributed by atoms with Gasteiger partial charge < -0.3 is 14.2 Å². The second-order valence-corrected chi connectivity index (χ2v) is 8.32. The Hall–Kier alpha value is -2.17. The minimum atomic E-state index is -4.54. The van der Waals surface area contributed by atoms with E-state index >= 15 is 0 Å². The number of esters is 1. The molecule has 6 nitrogen and oxygen atoms in total. The maximum absolute atomic E-state index is 12.7. The number of carbonyl (C=O) groups excluding carboxylic acids is 1. The van der Waals surface area contributed by atoms with Crippen LogP contribution >= 0.6 is 23.4 Å². The van der Waals surface area contributed by atoms with Crippen LogP contribution in [-0.2, 0) is 15.7 Å². The Balaban J connectivity index is 1.68. The monoisotopic (exact) mass is 476 g/mol. The van der Waals surface area contributed by atoms with Gasteiger partial charge in [-0.15, -0.1) is 11.8 Å². The first kappa shape index (κ1) is 23.5. The van der Waals surface area contributed by atoms with Gasteiger partial charge in [0.05, 0.1) is 12.2 Å². The smallest absolute Gasteiger partial charge is 0.417 e. The van der Waals surface area contributed by atoms with Gasteiger partial charge in [0, 0.05) is 18.5 Å². The minimum absolute atomic E-state index is 0.149. The van der Waals surface area contributed by atoms with Gasteiger partial charge in [-0.2, -0.15) is 13.2 Å². The van der Waals surface area contributed by atoms with E-state index in [1.54, 1.807) is 38.1 Å². The fraction of sp³-hybridized carbons (Fsp3) is 0.400. The van der Waals surface area contributed by atoms with Gasteiger partial charge in [-0.25, -0.2) is 9.78 Å². The Bertz CT molecular complexity index is 922. The van der Waals surface area contributed by atoms with Crippen LogP contribution in [0, 0.1) is 0 Å². The Morgan fingerprint density at radius 2 is 2.00 bits per heavy atom. The van der Waals surface area contributed by atoms with E-state index in [0.717, 1.165) is 11.8 Å². The fourth-order valence-corrected chi connectivity index (χ4v) is 4.33.